The Morgan fingerprint density at radius 1 is 1.19 bits per heavy atom. The highest BCUT2D eigenvalue weighted by Gasteiger charge is 2.19. The summed E-state index contributed by atoms with van der Waals surface area (Å²) in [5.41, 5.74) is 2.23. The molecule has 2 heteroatoms. The van der Waals surface area contributed by atoms with Gasteiger partial charge in [0, 0.05) is 6.42 Å². The number of hydrogen-bond donors (Lipinski definition) is 0. The fourth-order valence-electron chi connectivity index (χ4n) is 2.78. The molecule has 0 saturated heterocycles. The van der Waals surface area contributed by atoms with Gasteiger partial charge in [0.25, 0.3) is 0 Å². The lowest BCUT2D eigenvalue weighted by Gasteiger charge is -2.28. The molecule has 116 valence electrons. The van der Waals surface area contributed by atoms with Gasteiger partial charge in [-0.15, -0.1) is 0 Å². The van der Waals surface area contributed by atoms with Gasteiger partial charge >= 0.3 is 0 Å². The summed E-state index contributed by atoms with van der Waals surface area (Å²) < 4.78 is 12.2. The molecular formula is C19H28O2. The Hall–Kier alpha value is -1.28. The summed E-state index contributed by atoms with van der Waals surface area (Å²) in [6, 6.07) is 8.14. The molecule has 1 saturated carbocycles. The number of allylic oxidation sites excluding steroid dienone is 1. The van der Waals surface area contributed by atoms with Crippen molar-refractivity contribution in [2.75, 3.05) is 0 Å². The van der Waals surface area contributed by atoms with E-state index in [1.807, 2.05) is 19.1 Å². The number of rotatable bonds is 7. The van der Waals surface area contributed by atoms with Crippen LogP contribution in [0.4, 0.5) is 0 Å². The van der Waals surface area contributed by atoms with Gasteiger partial charge in [0.05, 0.1) is 6.10 Å². The largest absolute Gasteiger partial charge is 0.465 e. The third-order valence-corrected chi connectivity index (χ3v) is 4.04. The van der Waals surface area contributed by atoms with Crippen LogP contribution in [0.2, 0.25) is 0 Å². The highest BCUT2D eigenvalue weighted by Crippen LogP contribution is 2.25. The Bertz CT molecular complexity index is 429. The molecule has 1 aliphatic rings. The number of ether oxygens (including phenoxy) is 2. The molecule has 1 aliphatic carbocycles. The molecule has 0 radical (unpaired) electrons. The minimum Gasteiger partial charge on any atom is -0.465 e. The van der Waals surface area contributed by atoms with Gasteiger partial charge in [0.2, 0.25) is 0 Å². The smallest absolute Gasteiger partial charge is 0.200 e. The van der Waals surface area contributed by atoms with Gasteiger partial charge < -0.3 is 9.47 Å². The van der Waals surface area contributed by atoms with Crippen LogP contribution >= 0.6 is 0 Å². The molecule has 0 aromatic heterocycles. The molecule has 0 heterocycles. The lowest BCUT2D eigenvalue weighted by atomic mass is 9.98. The summed E-state index contributed by atoms with van der Waals surface area (Å²) in [7, 11) is 0. The van der Waals surface area contributed by atoms with E-state index in [1.165, 1.54) is 32.1 Å². The van der Waals surface area contributed by atoms with E-state index >= 15 is 0 Å². The molecule has 0 N–H and O–H groups in total. The van der Waals surface area contributed by atoms with Crippen molar-refractivity contribution in [2.24, 2.45) is 0 Å². The molecule has 0 spiro atoms. The van der Waals surface area contributed by atoms with E-state index in [1.54, 1.807) is 0 Å². The molecule has 2 nitrogen and oxygen atoms in total. The zero-order valence-corrected chi connectivity index (χ0v) is 13.4. The Morgan fingerprint density at radius 3 is 2.43 bits per heavy atom. The molecule has 0 bridgehead atoms. The molecule has 1 aromatic carbocycles. The van der Waals surface area contributed by atoms with Crippen LogP contribution in [0.3, 0.4) is 0 Å². The molecule has 1 aromatic rings. The Morgan fingerprint density at radius 2 is 1.86 bits per heavy atom. The maximum Gasteiger partial charge on any atom is 0.200 e. The molecule has 2 rings (SSSR count). The summed E-state index contributed by atoms with van der Waals surface area (Å²) in [4.78, 5) is 0. The SMILES string of the molecule is C=C(C)c1ccc(OC(CCC)OC2CCCCC2)cc1. The fraction of sp³-hybridized carbons (Fsp3) is 0.579. The van der Waals surface area contributed by atoms with Gasteiger partial charge in [0.15, 0.2) is 6.29 Å². The van der Waals surface area contributed by atoms with Crippen LogP contribution in [-0.4, -0.2) is 12.4 Å². The molecule has 1 atom stereocenters. The average molecular weight is 288 g/mol. The van der Waals surface area contributed by atoms with Crippen molar-refractivity contribution < 1.29 is 9.47 Å². The molecular weight excluding hydrogens is 260 g/mol. The quantitative estimate of drug-likeness (QED) is 0.610. The minimum absolute atomic E-state index is 0.117. The topological polar surface area (TPSA) is 18.5 Å². The monoisotopic (exact) mass is 288 g/mol. The Labute approximate surface area is 129 Å². The fourth-order valence-corrected chi connectivity index (χ4v) is 2.78. The standard InChI is InChI=1S/C19H28O2/c1-4-8-19(20-17-9-6-5-7-10-17)21-18-13-11-16(12-14-18)15(2)3/h11-14,17,19H,2,4-10H2,1,3H3. The third kappa shape index (κ3) is 5.20. The maximum absolute atomic E-state index is 6.17. The maximum atomic E-state index is 6.17. The second-order valence-electron chi connectivity index (χ2n) is 6.04. The minimum atomic E-state index is -0.117. The zero-order chi connectivity index (χ0) is 15.1. The van der Waals surface area contributed by atoms with E-state index in [-0.39, 0.29) is 6.29 Å². The van der Waals surface area contributed by atoms with Gasteiger partial charge in [0.1, 0.15) is 5.75 Å². The first kappa shape index (κ1) is 16.1. The molecule has 0 aliphatic heterocycles. The lowest BCUT2D eigenvalue weighted by molar-refractivity contribution is -0.131. The molecule has 0 amide bonds. The predicted octanol–water partition coefficient (Wildman–Crippen LogP) is 5.57. The van der Waals surface area contributed by atoms with Crippen LogP contribution in [0.5, 0.6) is 5.75 Å². The normalized spacial score (nSPS) is 17.4. The highest BCUT2D eigenvalue weighted by molar-refractivity contribution is 5.61. The molecule has 1 unspecified atom stereocenters. The first-order valence-corrected chi connectivity index (χ1v) is 8.27. The van der Waals surface area contributed by atoms with Crippen LogP contribution < -0.4 is 4.74 Å². The first-order valence-electron chi connectivity index (χ1n) is 8.27. The molecule has 21 heavy (non-hydrogen) atoms. The summed E-state index contributed by atoms with van der Waals surface area (Å²) in [5.74, 6) is 0.884. The van der Waals surface area contributed by atoms with Gasteiger partial charge in [-0.25, -0.2) is 0 Å². The van der Waals surface area contributed by atoms with E-state index in [4.69, 9.17) is 9.47 Å². The van der Waals surface area contributed by atoms with Gasteiger partial charge in [-0.3, -0.25) is 0 Å². The van der Waals surface area contributed by atoms with E-state index < -0.39 is 0 Å². The van der Waals surface area contributed by atoms with Crippen molar-refractivity contribution in [3.05, 3.63) is 36.4 Å². The van der Waals surface area contributed by atoms with Gasteiger partial charge in [-0.05, 0) is 37.5 Å². The number of benzene rings is 1. The van der Waals surface area contributed by atoms with E-state index in [2.05, 4.69) is 25.6 Å². The van der Waals surface area contributed by atoms with Crippen LogP contribution in [0, 0.1) is 0 Å². The summed E-state index contributed by atoms with van der Waals surface area (Å²) in [6.45, 7) is 8.14. The van der Waals surface area contributed by atoms with Gasteiger partial charge in [-0.2, -0.15) is 0 Å². The van der Waals surface area contributed by atoms with Crippen LogP contribution in [0.15, 0.2) is 30.8 Å². The van der Waals surface area contributed by atoms with Crippen molar-refractivity contribution in [3.8, 4) is 5.75 Å². The summed E-state index contributed by atoms with van der Waals surface area (Å²) in [6.07, 6.45) is 8.56. The zero-order valence-electron chi connectivity index (χ0n) is 13.4. The average Bonchev–Trinajstić information content (AvgIpc) is 2.49. The van der Waals surface area contributed by atoms with Crippen molar-refractivity contribution >= 4 is 5.57 Å². The van der Waals surface area contributed by atoms with Crippen molar-refractivity contribution in [2.45, 2.75) is 71.2 Å². The van der Waals surface area contributed by atoms with Crippen LogP contribution in [0.25, 0.3) is 5.57 Å². The predicted molar refractivity (Wildman–Crippen MR) is 88.4 cm³/mol. The van der Waals surface area contributed by atoms with E-state index in [9.17, 15) is 0 Å². The molecule has 1 fully saturated rings. The van der Waals surface area contributed by atoms with Crippen molar-refractivity contribution in [1.29, 1.82) is 0 Å². The van der Waals surface area contributed by atoms with Crippen LogP contribution in [0.1, 0.15) is 64.4 Å². The summed E-state index contributed by atoms with van der Waals surface area (Å²) in [5, 5.41) is 0. The van der Waals surface area contributed by atoms with Crippen LogP contribution in [-0.2, 0) is 4.74 Å². The van der Waals surface area contributed by atoms with E-state index in [0.29, 0.717) is 6.10 Å². The first-order chi connectivity index (χ1) is 10.2. The third-order valence-electron chi connectivity index (χ3n) is 4.04. The Kier molecular flexibility index (Phi) is 6.31. The van der Waals surface area contributed by atoms with Crippen molar-refractivity contribution in [3.63, 3.8) is 0 Å². The second-order valence-corrected chi connectivity index (χ2v) is 6.04. The highest BCUT2D eigenvalue weighted by atomic mass is 16.7. The van der Waals surface area contributed by atoms with E-state index in [0.717, 1.165) is 29.7 Å². The summed E-state index contributed by atoms with van der Waals surface area (Å²) >= 11 is 0. The van der Waals surface area contributed by atoms with Crippen molar-refractivity contribution in [1.82, 2.24) is 0 Å². The second kappa shape index (κ2) is 8.23. The number of hydrogen-bond acceptors (Lipinski definition) is 2. The Balaban J connectivity index is 1.92. The van der Waals surface area contributed by atoms with Gasteiger partial charge in [-0.1, -0.05) is 56.9 Å². The lowest BCUT2D eigenvalue weighted by Crippen LogP contribution is -2.28.